The fourth-order valence-electron chi connectivity index (χ4n) is 3.68. The standard InChI is InChI=1S/C16H15NO.C14H13NO3.C3H8/c1-12-10-17-16-14(12)8-5-9-15(16)18-11-13-6-3-2-4-7-13;1-11-2-8-14(9-3-11)18-10-12-4-6-13(7-5-12)15(16)17;1-3-2/h2-10,12H,11H2,1H3;2-9H,10H2,1H3;3H2,1-2H3. The first kappa shape index (κ1) is 29.1. The molecule has 4 aromatic carbocycles. The third-order valence-corrected chi connectivity index (χ3v) is 5.76. The van der Waals surface area contributed by atoms with E-state index in [4.69, 9.17) is 9.47 Å². The third kappa shape index (κ3) is 9.11. The second-order valence-electron chi connectivity index (χ2n) is 9.27. The predicted octanol–water partition coefficient (Wildman–Crippen LogP) is 8.98. The summed E-state index contributed by atoms with van der Waals surface area (Å²) in [5, 5.41) is 10.5. The molecule has 1 atom stereocenters. The molecule has 0 amide bonds. The maximum absolute atomic E-state index is 10.5. The summed E-state index contributed by atoms with van der Waals surface area (Å²) in [6.45, 7) is 9.40. The zero-order chi connectivity index (χ0) is 28.0. The van der Waals surface area contributed by atoms with E-state index in [-0.39, 0.29) is 5.69 Å². The number of hydrogen-bond donors (Lipinski definition) is 0. The van der Waals surface area contributed by atoms with E-state index in [0.29, 0.717) is 19.1 Å². The zero-order valence-corrected chi connectivity index (χ0v) is 23.0. The second-order valence-corrected chi connectivity index (χ2v) is 9.27. The lowest BCUT2D eigenvalue weighted by molar-refractivity contribution is -0.384. The summed E-state index contributed by atoms with van der Waals surface area (Å²) in [7, 11) is 0. The first-order chi connectivity index (χ1) is 18.9. The molecule has 0 spiro atoms. The SMILES string of the molecule is CC1C=Nc2c(OCc3ccccc3)cccc21.CCC.Cc1ccc(OCc2ccc([N+](=O)[O-])cc2)cc1. The molecule has 1 aliphatic rings. The first-order valence-corrected chi connectivity index (χ1v) is 13.2. The summed E-state index contributed by atoms with van der Waals surface area (Å²) in [5.41, 5.74) is 5.58. The van der Waals surface area contributed by atoms with Gasteiger partial charge >= 0.3 is 0 Å². The molecule has 0 aromatic heterocycles. The average molecular weight is 525 g/mol. The molecule has 0 fully saturated rings. The number of aliphatic imine (C=N–C) groups is 1. The molecule has 0 radical (unpaired) electrons. The van der Waals surface area contributed by atoms with Gasteiger partial charge in [0.1, 0.15) is 30.4 Å². The Hall–Kier alpha value is -4.45. The summed E-state index contributed by atoms with van der Waals surface area (Å²) in [6, 6.07) is 30.4. The van der Waals surface area contributed by atoms with Crippen LogP contribution in [-0.4, -0.2) is 11.1 Å². The van der Waals surface area contributed by atoms with Crippen LogP contribution in [0.1, 0.15) is 55.4 Å². The topological polar surface area (TPSA) is 74.0 Å². The average Bonchev–Trinajstić information content (AvgIpc) is 3.34. The van der Waals surface area contributed by atoms with Crippen LogP contribution in [0, 0.1) is 17.0 Å². The van der Waals surface area contributed by atoms with Crippen LogP contribution in [0.15, 0.2) is 102 Å². The molecule has 0 aliphatic carbocycles. The van der Waals surface area contributed by atoms with E-state index in [1.807, 2.05) is 67.7 Å². The molecule has 6 heteroatoms. The van der Waals surface area contributed by atoms with E-state index >= 15 is 0 Å². The minimum atomic E-state index is -0.412. The van der Waals surface area contributed by atoms with Crippen LogP contribution in [0.25, 0.3) is 0 Å². The highest BCUT2D eigenvalue weighted by Crippen LogP contribution is 2.39. The number of fused-ring (bicyclic) bond motifs is 1. The summed E-state index contributed by atoms with van der Waals surface area (Å²) in [6.07, 6.45) is 3.22. The van der Waals surface area contributed by atoms with Gasteiger partial charge in [-0.25, -0.2) is 0 Å². The van der Waals surface area contributed by atoms with Crippen molar-refractivity contribution in [1.29, 1.82) is 0 Å². The number of nitro groups is 1. The fraction of sp³-hybridized carbons (Fsp3) is 0.242. The highest BCUT2D eigenvalue weighted by Gasteiger charge is 2.18. The van der Waals surface area contributed by atoms with Crippen molar-refractivity contribution in [1.82, 2.24) is 0 Å². The monoisotopic (exact) mass is 524 g/mol. The minimum Gasteiger partial charge on any atom is -0.489 e. The van der Waals surface area contributed by atoms with Crippen molar-refractivity contribution in [3.05, 3.63) is 129 Å². The lowest BCUT2D eigenvalue weighted by Crippen LogP contribution is -1.96. The highest BCUT2D eigenvalue weighted by molar-refractivity contribution is 5.82. The van der Waals surface area contributed by atoms with E-state index in [9.17, 15) is 10.1 Å². The quantitative estimate of drug-likeness (QED) is 0.179. The van der Waals surface area contributed by atoms with Gasteiger partial charge in [0.05, 0.1) is 4.92 Å². The lowest BCUT2D eigenvalue weighted by Gasteiger charge is -2.10. The van der Waals surface area contributed by atoms with Crippen LogP contribution in [0.3, 0.4) is 0 Å². The normalized spacial score (nSPS) is 12.8. The van der Waals surface area contributed by atoms with Crippen LogP contribution in [0.2, 0.25) is 0 Å². The van der Waals surface area contributed by atoms with Gasteiger partial charge in [0.2, 0.25) is 0 Å². The molecule has 0 bridgehead atoms. The summed E-state index contributed by atoms with van der Waals surface area (Å²) in [4.78, 5) is 14.5. The Bertz CT molecular complexity index is 1330. The van der Waals surface area contributed by atoms with Crippen LogP contribution in [-0.2, 0) is 13.2 Å². The van der Waals surface area contributed by atoms with Crippen molar-refractivity contribution in [2.45, 2.75) is 53.2 Å². The highest BCUT2D eigenvalue weighted by atomic mass is 16.6. The van der Waals surface area contributed by atoms with E-state index < -0.39 is 4.92 Å². The number of nitro benzene ring substituents is 1. The van der Waals surface area contributed by atoms with Gasteiger partial charge in [-0.2, -0.15) is 0 Å². The van der Waals surface area contributed by atoms with Crippen molar-refractivity contribution >= 4 is 17.6 Å². The number of ether oxygens (including phenoxy) is 2. The van der Waals surface area contributed by atoms with Gasteiger partial charge in [-0.05, 0) is 53.9 Å². The largest absolute Gasteiger partial charge is 0.489 e. The zero-order valence-electron chi connectivity index (χ0n) is 23.0. The lowest BCUT2D eigenvalue weighted by atomic mass is 10.0. The smallest absolute Gasteiger partial charge is 0.269 e. The number of nitrogens with zero attached hydrogens (tertiary/aromatic N) is 2. The Morgan fingerprint density at radius 1 is 0.795 bits per heavy atom. The number of non-ortho nitro benzene ring substituents is 1. The van der Waals surface area contributed by atoms with Crippen LogP contribution in [0.5, 0.6) is 11.5 Å². The predicted molar refractivity (Wildman–Crippen MR) is 158 cm³/mol. The van der Waals surface area contributed by atoms with Gasteiger partial charge in [-0.3, -0.25) is 15.1 Å². The van der Waals surface area contributed by atoms with Crippen molar-refractivity contribution in [3.8, 4) is 11.5 Å². The molecule has 1 heterocycles. The molecule has 0 saturated carbocycles. The Morgan fingerprint density at radius 2 is 1.41 bits per heavy atom. The molecule has 0 saturated heterocycles. The van der Waals surface area contributed by atoms with Gasteiger partial charge in [0.25, 0.3) is 5.69 Å². The van der Waals surface area contributed by atoms with Crippen molar-refractivity contribution in [2.75, 3.05) is 0 Å². The Morgan fingerprint density at radius 3 is 2.05 bits per heavy atom. The minimum absolute atomic E-state index is 0.0917. The van der Waals surface area contributed by atoms with E-state index in [1.165, 1.54) is 35.2 Å². The van der Waals surface area contributed by atoms with Crippen molar-refractivity contribution in [3.63, 3.8) is 0 Å². The number of hydrogen-bond acceptors (Lipinski definition) is 5. The van der Waals surface area contributed by atoms with Crippen LogP contribution < -0.4 is 9.47 Å². The third-order valence-electron chi connectivity index (χ3n) is 5.76. The molecule has 1 aliphatic heterocycles. The Labute approximate surface area is 231 Å². The summed E-state index contributed by atoms with van der Waals surface area (Å²) >= 11 is 0. The summed E-state index contributed by atoms with van der Waals surface area (Å²) in [5.74, 6) is 2.05. The van der Waals surface area contributed by atoms with Gasteiger partial charge in [-0.15, -0.1) is 0 Å². The summed E-state index contributed by atoms with van der Waals surface area (Å²) < 4.78 is 11.4. The molecule has 0 N–H and O–H groups in total. The molecule has 6 nitrogen and oxygen atoms in total. The molecule has 5 rings (SSSR count). The maximum atomic E-state index is 10.5. The van der Waals surface area contributed by atoms with Gasteiger partial charge in [0.15, 0.2) is 0 Å². The van der Waals surface area contributed by atoms with Gasteiger partial charge in [-0.1, -0.05) is 87.4 Å². The molecular formula is C33H36N2O4. The van der Waals surface area contributed by atoms with Crippen molar-refractivity contribution < 1.29 is 14.4 Å². The van der Waals surface area contributed by atoms with E-state index in [1.54, 1.807) is 12.1 Å². The first-order valence-electron chi connectivity index (χ1n) is 13.2. The van der Waals surface area contributed by atoms with Gasteiger partial charge in [0, 0.05) is 24.3 Å². The number of para-hydroxylation sites is 1. The fourth-order valence-corrected chi connectivity index (χ4v) is 3.68. The van der Waals surface area contributed by atoms with E-state index in [2.05, 4.69) is 44.0 Å². The van der Waals surface area contributed by atoms with Crippen LogP contribution >= 0.6 is 0 Å². The molecule has 39 heavy (non-hydrogen) atoms. The molecular weight excluding hydrogens is 488 g/mol. The number of rotatable bonds is 7. The maximum Gasteiger partial charge on any atom is 0.269 e. The van der Waals surface area contributed by atoms with Crippen molar-refractivity contribution in [2.24, 2.45) is 4.99 Å². The number of aryl methyl sites for hydroxylation is 1. The van der Waals surface area contributed by atoms with Gasteiger partial charge < -0.3 is 9.47 Å². The molecule has 4 aromatic rings. The molecule has 1 unspecified atom stereocenters. The van der Waals surface area contributed by atoms with Crippen LogP contribution in [0.4, 0.5) is 11.4 Å². The molecule has 202 valence electrons. The Kier molecular flexibility index (Phi) is 11.3. The second kappa shape index (κ2) is 15.1. The number of benzene rings is 4. The van der Waals surface area contributed by atoms with E-state index in [0.717, 1.165) is 22.7 Å². The Balaban J connectivity index is 0.000000196.